The Balaban J connectivity index is 1.36. The molecule has 0 saturated carbocycles. The summed E-state index contributed by atoms with van der Waals surface area (Å²) in [5, 5.41) is 0.919. The van der Waals surface area contributed by atoms with Gasteiger partial charge in [0.2, 0.25) is 5.91 Å². The molecule has 1 aromatic heterocycles. The maximum Gasteiger partial charge on any atom is 0.336 e. The quantitative estimate of drug-likeness (QED) is 0.660. The number of fused-ring (bicyclic) bond motifs is 1. The van der Waals surface area contributed by atoms with Gasteiger partial charge in [-0.15, -0.1) is 0 Å². The molecule has 168 valence electrons. The molecule has 2 fully saturated rings. The van der Waals surface area contributed by atoms with Crippen molar-refractivity contribution < 1.29 is 13.9 Å². The number of carbonyl (C=O) groups is 1. The zero-order valence-corrected chi connectivity index (χ0v) is 18.6. The van der Waals surface area contributed by atoms with Crippen LogP contribution in [-0.2, 0) is 11.3 Å². The largest absolute Gasteiger partial charge is 0.494 e. The monoisotopic (exact) mass is 427 g/mol. The van der Waals surface area contributed by atoms with E-state index in [9.17, 15) is 9.59 Å². The molecule has 1 unspecified atom stereocenters. The number of ether oxygens (including phenoxy) is 1. The van der Waals surface area contributed by atoms with Crippen LogP contribution in [0.3, 0.4) is 0 Å². The molecule has 1 amide bonds. The molecule has 3 heterocycles. The number of likely N-dealkylation sites (tertiary alicyclic amines) is 1. The van der Waals surface area contributed by atoms with Crippen LogP contribution in [0.15, 0.2) is 33.5 Å². The van der Waals surface area contributed by atoms with Gasteiger partial charge in [-0.2, -0.15) is 0 Å². The van der Waals surface area contributed by atoms with Crippen molar-refractivity contribution in [2.24, 2.45) is 5.92 Å². The van der Waals surface area contributed by atoms with Gasteiger partial charge in [0, 0.05) is 57.3 Å². The highest BCUT2D eigenvalue weighted by atomic mass is 16.5. The van der Waals surface area contributed by atoms with Crippen molar-refractivity contribution in [2.45, 2.75) is 33.2 Å². The number of hydrogen-bond acceptors (Lipinski definition) is 6. The van der Waals surface area contributed by atoms with E-state index in [1.54, 1.807) is 12.1 Å². The van der Waals surface area contributed by atoms with E-state index in [4.69, 9.17) is 9.15 Å². The molecular weight excluding hydrogens is 394 g/mol. The van der Waals surface area contributed by atoms with Crippen molar-refractivity contribution in [3.63, 3.8) is 0 Å². The highest BCUT2D eigenvalue weighted by molar-refractivity contribution is 5.81. The summed E-state index contributed by atoms with van der Waals surface area (Å²) in [6.45, 7) is 11.2. The fraction of sp³-hybridized carbons (Fsp3) is 0.583. The minimum Gasteiger partial charge on any atom is -0.494 e. The van der Waals surface area contributed by atoms with Crippen LogP contribution in [0.5, 0.6) is 5.75 Å². The number of piperazine rings is 1. The molecule has 7 heteroatoms. The summed E-state index contributed by atoms with van der Waals surface area (Å²) in [5.41, 5.74) is 1.22. The van der Waals surface area contributed by atoms with Gasteiger partial charge < -0.3 is 14.1 Å². The molecule has 0 radical (unpaired) electrons. The molecule has 2 aromatic rings. The van der Waals surface area contributed by atoms with E-state index in [-0.39, 0.29) is 11.5 Å². The molecule has 1 atom stereocenters. The van der Waals surface area contributed by atoms with Crippen LogP contribution in [0, 0.1) is 5.92 Å². The standard InChI is InChI=1S/C24H33N3O4/c1-3-30-20-6-7-22-21(14-20)19(13-24(29)31-22)16-25-9-11-26(12-10-25)17-23(28)27-8-4-5-18(2)15-27/h6-7,13-14,18H,3-5,8-12,15-17H2,1-2H3. The first-order valence-corrected chi connectivity index (χ1v) is 11.4. The van der Waals surface area contributed by atoms with Crippen molar-refractivity contribution >= 4 is 16.9 Å². The summed E-state index contributed by atoms with van der Waals surface area (Å²) in [6.07, 6.45) is 2.34. The minimum absolute atomic E-state index is 0.259. The highest BCUT2D eigenvalue weighted by Crippen LogP contribution is 2.24. The van der Waals surface area contributed by atoms with E-state index in [2.05, 4.69) is 16.7 Å². The average Bonchev–Trinajstić information content (AvgIpc) is 2.75. The highest BCUT2D eigenvalue weighted by Gasteiger charge is 2.25. The lowest BCUT2D eigenvalue weighted by Gasteiger charge is -2.37. The zero-order valence-electron chi connectivity index (χ0n) is 18.6. The van der Waals surface area contributed by atoms with Crippen LogP contribution in [0.1, 0.15) is 32.3 Å². The molecule has 0 N–H and O–H groups in total. The first kappa shape index (κ1) is 21.8. The number of benzene rings is 1. The number of amides is 1. The fourth-order valence-corrected chi connectivity index (χ4v) is 4.65. The molecule has 4 rings (SSSR count). The van der Waals surface area contributed by atoms with E-state index >= 15 is 0 Å². The predicted octanol–water partition coefficient (Wildman–Crippen LogP) is 2.57. The normalized spacial score (nSPS) is 20.8. The van der Waals surface area contributed by atoms with Crippen LogP contribution < -0.4 is 10.4 Å². The van der Waals surface area contributed by atoms with Crippen molar-refractivity contribution in [2.75, 3.05) is 52.4 Å². The van der Waals surface area contributed by atoms with E-state index in [0.29, 0.717) is 31.2 Å². The van der Waals surface area contributed by atoms with Crippen LogP contribution in [-0.4, -0.2) is 73.0 Å². The van der Waals surface area contributed by atoms with E-state index in [1.165, 1.54) is 6.42 Å². The van der Waals surface area contributed by atoms with Crippen LogP contribution >= 0.6 is 0 Å². The number of hydrogen-bond donors (Lipinski definition) is 0. The summed E-state index contributed by atoms with van der Waals surface area (Å²) in [6, 6.07) is 7.17. The average molecular weight is 428 g/mol. The third-order valence-corrected chi connectivity index (χ3v) is 6.34. The topological polar surface area (TPSA) is 66.2 Å². The SMILES string of the molecule is CCOc1ccc2oc(=O)cc(CN3CCN(CC(=O)N4CCCC(C)C4)CC3)c2c1. The van der Waals surface area contributed by atoms with Gasteiger partial charge in [0.05, 0.1) is 13.2 Å². The second kappa shape index (κ2) is 9.83. The summed E-state index contributed by atoms with van der Waals surface area (Å²) in [5.74, 6) is 1.65. The minimum atomic E-state index is -0.327. The van der Waals surface area contributed by atoms with Gasteiger partial charge in [0.25, 0.3) is 0 Å². The summed E-state index contributed by atoms with van der Waals surface area (Å²) < 4.78 is 11.0. The lowest BCUT2D eigenvalue weighted by Crippen LogP contribution is -2.51. The van der Waals surface area contributed by atoms with Crippen molar-refractivity contribution in [1.29, 1.82) is 0 Å². The zero-order chi connectivity index (χ0) is 21.8. The maximum absolute atomic E-state index is 12.7. The number of carbonyl (C=O) groups excluding carboxylic acids is 1. The molecule has 0 aliphatic carbocycles. The Kier molecular flexibility index (Phi) is 6.92. The molecule has 2 saturated heterocycles. The molecule has 2 aliphatic rings. The molecule has 2 aliphatic heterocycles. The van der Waals surface area contributed by atoms with E-state index < -0.39 is 0 Å². The van der Waals surface area contributed by atoms with Crippen molar-refractivity contribution in [3.8, 4) is 5.75 Å². The number of nitrogens with zero attached hydrogens (tertiary/aromatic N) is 3. The van der Waals surface area contributed by atoms with Gasteiger partial charge in [-0.25, -0.2) is 4.79 Å². The Hall–Kier alpha value is -2.38. The molecule has 0 bridgehead atoms. The van der Waals surface area contributed by atoms with Crippen LogP contribution in [0.4, 0.5) is 0 Å². The molecule has 0 spiro atoms. The lowest BCUT2D eigenvalue weighted by atomic mass is 10.0. The van der Waals surface area contributed by atoms with Gasteiger partial charge in [-0.1, -0.05) is 6.92 Å². The van der Waals surface area contributed by atoms with Gasteiger partial charge >= 0.3 is 5.63 Å². The second-order valence-corrected chi connectivity index (χ2v) is 8.82. The summed E-state index contributed by atoms with van der Waals surface area (Å²) in [7, 11) is 0. The second-order valence-electron chi connectivity index (χ2n) is 8.82. The third-order valence-electron chi connectivity index (χ3n) is 6.34. The van der Waals surface area contributed by atoms with E-state index in [1.807, 2.05) is 24.0 Å². The number of piperidine rings is 1. The third kappa shape index (κ3) is 5.46. The van der Waals surface area contributed by atoms with Crippen molar-refractivity contribution in [1.82, 2.24) is 14.7 Å². The van der Waals surface area contributed by atoms with E-state index in [0.717, 1.165) is 62.4 Å². The molecule has 1 aromatic carbocycles. The molecule has 7 nitrogen and oxygen atoms in total. The van der Waals surface area contributed by atoms with Crippen LogP contribution in [0.25, 0.3) is 11.0 Å². The predicted molar refractivity (Wildman–Crippen MR) is 120 cm³/mol. The first-order valence-electron chi connectivity index (χ1n) is 11.4. The Morgan fingerprint density at radius 3 is 2.65 bits per heavy atom. The maximum atomic E-state index is 12.7. The Labute approximate surface area is 183 Å². The first-order chi connectivity index (χ1) is 15.0. The Morgan fingerprint density at radius 1 is 1.13 bits per heavy atom. The Bertz CT molecular complexity index is 965. The van der Waals surface area contributed by atoms with Gasteiger partial charge in [0.15, 0.2) is 0 Å². The van der Waals surface area contributed by atoms with Gasteiger partial charge in [-0.05, 0) is 49.4 Å². The van der Waals surface area contributed by atoms with Crippen molar-refractivity contribution in [3.05, 3.63) is 40.2 Å². The molecule has 31 heavy (non-hydrogen) atoms. The number of rotatable bonds is 6. The smallest absolute Gasteiger partial charge is 0.336 e. The van der Waals surface area contributed by atoms with Gasteiger partial charge in [-0.3, -0.25) is 14.6 Å². The van der Waals surface area contributed by atoms with Gasteiger partial charge in [0.1, 0.15) is 11.3 Å². The fourth-order valence-electron chi connectivity index (χ4n) is 4.65. The summed E-state index contributed by atoms with van der Waals surface area (Å²) in [4.78, 5) is 31.3. The summed E-state index contributed by atoms with van der Waals surface area (Å²) >= 11 is 0. The Morgan fingerprint density at radius 2 is 1.90 bits per heavy atom. The lowest BCUT2D eigenvalue weighted by molar-refractivity contribution is -0.134. The molecular formula is C24H33N3O4. The van der Waals surface area contributed by atoms with Crippen LogP contribution in [0.2, 0.25) is 0 Å².